The molecule has 0 spiro atoms. The quantitative estimate of drug-likeness (QED) is 0.207. The average Bonchev–Trinajstić information content (AvgIpc) is 3.84. The lowest BCUT2D eigenvalue weighted by atomic mass is 10.1. The Bertz CT molecular complexity index is 1630. The Morgan fingerprint density at radius 2 is 1.51 bits per heavy atom. The van der Waals surface area contributed by atoms with Crippen LogP contribution in [0, 0.1) is 11.3 Å². The Morgan fingerprint density at radius 3 is 1.98 bits per heavy atom. The summed E-state index contributed by atoms with van der Waals surface area (Å²) in [5.41, 5.74) is 22.9. The smallest absolute Gasteiger partial charge is 0.243 e. The number of rotatable bonds is 4. The zero-order chi connectivity index (χ0) is 31.1. The molecule has 43 heavy (non-hydrogen) atoms. The first kappa shape index (κ1) is 32.8. The van der Waals surface area contributed by atoms with E-state index < -0.39 is 18.0 Å². The summed E-state index contributed by atoms with van der Waals surface area (Å²) in [7, 11) is 1.00. The summed E-state index contributed by atoms with van der Waals surface area (Å²) in [5, 5.41) is 18.1. The van der Waals surface area contributed by atoms with Gasteiger partial charge in [-0.25, -0.2) is 9.97 Å². The van der Waals surface area contributed by atoms with Crippen LogP contribution in [0.2, 0.25) is 0 Å². The second kappa shape index (κ2) is 15.1. The second-order valence-corrected chi connectivity index (χ2v) is 13.3. The topological polar surface area (TPSA) is 194 Å². The number of amides is 2. The standard InChI is InChI=1S/C14H13N3OS2.C11H8N2S.C3H8N2OS.CH4O/c15-12(18)10-6-19-13(17-10)14-16-9-4-7-2-1-3-8(7)5-11(9)20-14;12-6-11-13-9-4-7-2-1-3-8(7)5-10(9)14-11;4-2(1-7)3(5)6;1-2/h4-5,10H,1-3,6H2,(H2,15,18);4-5H,1-3H2;2,7H,1,4H2,(H2,5,6);2H,1H3/t10-;;2-;/m1.1./s1. The molecule has 14 heteroatoms. The summed E-state index contributed by atoms with van der Waals surface area (Å²) in [6.07, 6.45) is 7.21. The van der Waals surface area contributed by atoms with Crippen LogP contribution >= 0.6 is 47.1 Å². The molecule has 2 amide bonds. The van der Waals surface area contributed by atoms with Crippen molar-refractivity contribution in [3.63, 3.8) is 0 Å². The number of thiol groups is 1. The van der Waals surface area contributed by atoms with Gasteiger partial charge in [0, 0.05) is 18.6 Å². The number of thiazole rings is 2. The minimum Gasteiger partial charge on any atom is -0.400 e. The molecule has 2 aromatic carbocycles. The summed E-state index contributed by atoms with van der Waals surface area (Å²) >= 11 is 8.45. The molecule has 3 aliphatic rings. The number of nitrogens with two attached hydrogens (primary N) is 3. The largest absolute Gasteiger partial charge is 0.400 e. The number of aliphatic imine (C=N–C) groups is 1. The molecule has 0 unspecified atom stereocenters. The number of hydrogen-bond acceptors (Lipinski definition) is 12. The highest BCUT2D eigenvalue weighted by Gasteiger charge is 2.26. The number of benzene rings is 2. The zero-order valence-corrected chi connectivity index (χ0v) is 26.9. The maximum Gasteiger partial charge on any atom is 0.243 e. The fourth-order valence-corrected chi connectivity index (χ4v) is 7.97. The van der Waals surface area contributed by atoms with Gasteiger partial charge in [0.15, 0.2) is 5.01 Å². The van der Waals surface area contributed by atoms with Crippen molar-refractivity contribution in [1.82, 2.24) is 9.97 Å². The van der Waals surface area contributed by atoms with E-state index in [1.165, 1.54) is 70.4 Å². The summed E-state index contributed by atoms with van der Waals surface area (Å²) in [4.78, 5) is 34.5. The number of hydrogen-bond donors (Lipinski definition) is 5. The van der Waals surface area contributed by atoms with Crippen molar-refractivity contribution >= 4 is 84.4 Å². The lowest BCUT2D eigenvalue weighted by Gasteiger charge is -1.98. The number of carbonyl (C=O) groups is 2. The van der Waals surface area contributed by atoms with Crippen molar-refractivity contribution in [3.8, 4) is 6.07 Å². The molecular formula is C29H33N7O3S4. The molecule has 2 aromatic heterocycles. The summed E-state index contributed by atoms with van der Waals surface area (Å²) in [6, 6.07) is 9.94. The summed E-state index contributed by atoms with van der Waals surface area (Å²) in [5.74, 6) is 0.0921. The number of aliphatic hydroxyl groups is 1. The van der Waals surface area contributed by atoms with Crippen LogP contribution in [0.25, 0.3) is 20.4 Å². The number of fused-ring (bicyclic) bond motifs is 4. The van der Waals surface area contributed by atoms with Crippen molar-refractivity contribution in [2.45, 2.75) is 50.6 Å². The molecule has 2 atom stereocenters. The number of primary amides is 2. The van der Waals surface area contributed by atoms with Gasteiger partial charge in [0.25, 0.3) is 0 Å². The fourth-order valence-electron chi connectivity index (χ4n) is 4.85. The van der Waals surface area contributed by atoms with Gasteiger partial charge in [-0.1, -0.05) is 0 Å². The Morgan fingerprint density at radius 1 is 0.977 bits per heavy atom. The lowest BCUT2D eigenvalue weighted by molar-refractivity contribution is -0.119. The van der Waals surface area contributed by atoms with Crippen LogP contribution in [0.1, 0.15) is 45.1 Å². The van der Waals surface area contributed by atoms with E-state index in [2.05, 4.69) is 57.9 Å². The molecule has 0 fully saturated rings. The first-order chi connectivity index (χ1) is 20.7. The van der Waals surface area contributed by atoms with Gasteiger partial charge in [0.1, 0.15) is 22.2 Å². The predicted molar refractivity (Wildman–Crippen MR) is 179 cm³/mol. The number of aliphatic hydroxyl groups excluding tert-OH is 1. The number of thioether (sulfide) groups is 1. The third-order valence-corrected chi connectivity index (χ3v) is 10.5. The van der Waals surface area contributed by atoms with E-state index in [9.17, 15) is 9.59 Å². The minimum absolute atomic E-state index is 0.315. The normalized spacial score (nSPS) is 16.8. The van der Waals surface area contributed by atoms with Gasteiger partial charge in [0.05, 0.1) is 26.5 Å². The summed E-state index contributed by atoms with van der Waals surface area (Å²) in [6.45, 7) is 0. The maximum atomic E-state index is 11.2. The van der Waals surface area contributed by atoms with E-state index >= 15 is 0 Å². The van der Waals surface area contributed by atoms with Crippen molar-refractivity contribution in [1.29, 1.82) is 5.26 Å². The van der Waals surface area contributed by atoms with Gasteiger partial charge < -0.3 is 22.3 Å². The lowest BCUT2D eigenvalue weighted by Crippen LogP contribution is -2.37. The van der Waals surface area contributed by atoms with Gasteiger partial charge >= 0.3 is 0 Å². The van der Waals surface area contributed by atoms with E-state index in [0.717, 1.165) is 39.3 Å². The van der Waals surface area contributed by atoms with Crippen molar-refractivity contribution < 1.29 is 14.7 Å². The van der Waals surface area contributed by atoms with Crippen LogP contribution in [-0.4, -0.2) is 62.6 Å². The van der Waals surface area contributed by atoms with Gasteiger partial charge in [-0.15, -0.1) is 34.4 Å². The molecule has 4 aromatic rings. The highest BCUT2D eigenvalue weighted by molar-refractivity contribution is 8.15. The molecular weight excluding hydrogens is 623 g/mol. The van der Waals surface area contributed by atoms with Gasteiger partial charge in [-0.05, 0) is 85.0 Å². The summed E-state index contributed by atoms with van der Waals surface area (Å²) < 4.78 is 2.37. The van der Waals surface area contributed by atoms with E-state index in [-0.39, 0.29) is 5.91 Å². The predicted octanol–water partition coefficient (Wildman–Crippen LogP) is 3.13. The Hall–Kier alpha value is -3.06. The highest BCUT2D eigenvalue weighted by Crippen LogP contribution is 2.34. The van der Waals surface area contributed by atoms with Crippen LogP contribution in [0.5, 0.6) is 0 Å². The molecule has 7 rings (SSSR count). The van der Waals surface area contributed by atoms with E-state index in [1.54, 1.807) is 23.1 Å². The van der Waals surface area contributed by atoms with Crippen LogP contribution in [-0.2, 0) is 35.3 Å². The molecule has 0 saturated heterocycles. The van der Waals surface area contributed by atoms with Crippen molar-refractivity contribution in [3.05, 3.63) is 56.5 Å². The van der Waals surface area contributed by atoms with Crippen LogP contribution in [0.3, 0.4) is 0 Å². The number of carbonyl (C=O) groups excluding carboxylic acids is 2. The first-order valence-corrected chi connectivity index (χ1v) is 16.9. The molecule has 3 heterocycles. The van der Waals surface area contributed by atoms with Gasteiger partial charge in [-0.2, -0.15) is 17.9 Å². The molecule has 0 bridgehead atoms. The Kier molecular flexibility index (Phi) is 11.5. The fraction of sp³-hybridized carbons (Fsp3) is 0.379. The van der Waals surface area contributed by atoms with Crippen LogP contribution < -0.4 is 17.2 Å². The zero-order valence-electron chi connectivity index (χ0n) is 23.6. The molecule has 2 aliphatic carbocycles. The van der Waals surface area contributed by atoms with E-state index in [0.29, 0.717) is 16.5 Å². The number of nitriles is 1. The highest BCUT2D eigenvalue weighted by atomic mass is 32.2. The minimum atomic E-state index is -0.594. The van der Waals surface area contributed by atoms with Crippen molar-refractivity contribution in [2.75, 3.05) is 18.6 Å². The number of aromatic nitrogens is 2. The number of aryl methyl sites for hydroxylation is 4. The third kappa shape index (κ3) is 7.91. The van der Waals surface area contributed by atoms with Crippen molar-refractivity contribution in [2.24, 2.45) is 22.2 Å². The Labute approximate surface area is 267 Å². The average molecular weight is 656 g/mol. The molecule has 0 radical (unpaired) electrons. The van der Waals surface area contributed by atoms with Crippen LogP contribution in [0.4, 0.5) is 0 Å². The molecule has 0 saturated carbocycles. The molecule has 10 nitrogen and oxygen atoms in total. The van der Waals surface area contributed by atoms with E-state index in [1.807, 2.05) is 0 Å². The SMILES string of the molecule is CO.N#Cc1nc2cc3c(cc2s1)CCC3.NC(=O)[C@H](N)CS.NC(=O)[C@H]1CSC(c2nc3cc4c(cc3s2)CCC4)=N1. The van der Waals surface area contributed by atoms with E-state index in [4.69, 9.17) is 27.6 Å². The monoisotopic (exact) mass is 655 g/mol. The van der Waals surface area contributed by atoms with Crippen LogP contribution in [0.15, 0.2) is 29.3 Å². The van der Waals surface area contributed by atoms with Gasteiger partial charge in [0.2, 0.25) is 11.8 Å². The molecule has 7 N–H and O–H groups in total. The maximum absolute atomic E-state index is 11.2. The third-order valence-electron chi connectivity index (χ3n) is 7.02. The first-order valence-electron chi connectivity index (χ1n) is 13.6. The number of nitrogens with zero attached hydrogens (tertiary/aromatic N) is 4. The Balaban J connectivity index is 0.000000160. The molecule has 1 aliphatic heterocycles. The van der Waals surface area contributed by atoms with Gasteiger partial charge in [-0.3, -0.25) is 14.6 Å². The second-order valence-electron chi connectivity index (χ2n) is 9.89. The molecule has 226 valence electrons.